The number of thiazole rings is 2. The minimum absolute atomic E-state index is 0.107. The molecule has 0 saturated heterocycles. The van der Waals surface area contributed by atoms with E-state index in [0.717, 1.165) is 25.0 Å². The Kier molecular flexibility index (Phi) is 5.40. The van der Waals surface area contributed by atoms with E-state index in [1.54, 1.807) is 16.7 Å². The van der Waals surface area contributed by atoms with Gasteiger partial charge in [0.15, 0.2) is 10.3 Å². The van der Waals surface area contributed by atoms with Gasteiger partial charge < -0.3 is 10.6 Å². The van der Waals surface area contributed by atoms with E-state index in [0.29, 0.717) is 16.0 Å². The number of hydrogen-bond acceptors (Lipinski definition) is 7. The molecule has 0 bridgehead atoms. The van der Waals surface area contributed by atoms with Crippen LogP contribution in [-0.4, -0.2) is 33.9 Å². The minimum Gasteiger partial charge on any atom is -0.302 e. The van der Waals surface area contributed by atoms with Crippen molar-refractivity contribution in [1.29, 1.82) is 0 Å². The zero-order chi connectivity index (χ0) is 19.5. The molecule has 1 aliphatic heterocycles. The SMILES string of the molecule is O=C1C=CC(C(=O)Nc2nc(CC(=O)Nc3nc4c(s3)CCCC4)cs2)C=N1. The lowest BCUT2D eigenvalue weighted by Crippen LogP contribution is -2.24. The third-order valence-corrected chi connectivity index (χ3v) is 6.21. The summed E-state index contributed by atoms with van der Waals surface area (Å²) in [6, 6.07) is 0. The van der Waals surface area contributed by atoms with Crippen LogP contribution in [0.1, 0.15) is 29.1 Å². The third-order valence-electron chi connectivity index (χ3n) is 4.33. The predicted octanol–water partition coefficient (Wildman–Crippen LogP) is 2.38. The molecule has 8 nitrogen and oxygen atoms in total. The highest BCUT2D eigenvalue weighted by Gasteiger charge is 2.19. The van der Waals surface area contributed by atoms with Crippen LogP contribution in [0.2, 0.25) is 0 Å². The highest BCUT2D eigenvalue weighted by atomic mass is 32.1. The molecule has 4 rings (SSSR count). The van der Waals surface area contributed by atoms with Crippen LogP contribution in [0.5, 0.6) is 0 Å². The number of aryl methyl sites for hydroxylation is 2. The van der Waals surface area contributed by atoms with Crippen molar-refractivity contribution < 1.29 is 14.4 Å². The lowest BCUT2D eigenvalue weighted by atomic mass is 10.0. The second-order valence-corrected chi connectivity index (χ2v) is 8.40. The molecule has 1 atom stereocenters. The van der Waals surface area contributed by atoms with Crippen LogP contribution in [0.25, 0.3) is 0 Å². The molecule has 1 unspecified atom stereocenters. The highest BCUT2D eigenvalue weighted by molar-refractivity contribution is 7.16. The van der Waals surface area contributed by atoms with Crippen LogP contribution in [0.4, 0.5) is 10.3 Å². The molecular formula is C18H17N5O3S2. The monoisotopic (exact) mass is 415 g/mol. The Hall–Kier alpha value is -2.72. The van der Waals surface area contributed by atoms with E-state index in [-0.39, 0.29) is 24.1 Å². The standard InChI is InChI=1S/C18H17N5O3S2/c24-14-6-5-10(8-19-14)16(26)23-17-20-11(9-27-17)7-15(25)22-18-21-12-3-1-2-4-13(12)28-18/h5-6,8-10H,1-4,7H2,(H,20,23,26)(H,21,22,25). The van der Waals surface area contributed by atoms with Gasteiger partial charge in [0.25, 0.3) is 5.91 Å². The topological polar surface area (TPSA) is 113 Å². The molecule has 0 spiro atoms. The van der Waals surface area contributed by atoms with Crippen LogP contribution in [-0.2, 0) is 33.6 Å². The van der Waals surface area contributed by atoms with E-state index < -0.39 is 5.92 Å². The van der Waals surface area contributed by atoms with Crippen LogP contribution >= 0.6 is 22.7 Å². The molecule has 3 heterocycles. The summed E-state index contributed by atoms with van der Waals surface area (Å²) in [5, 5.41) is 8.29. The molecular weight excluding hydrogens is 398 g/mol. The number of carbonyl (C=O) groups is 3. The molecule has 10 heteroatoms. The molecule has 0 saturated carbocycles. The second kappa shape index (κ2) is 8.11. The maximum absolute atomic E-state index is 12.3. The van der Waals surface area contributed by atoms with E-state index in [9.17, 15) is 14.4 Å². The van der Waals surface area contributed by atoms with E-state index >= 15 is 0 Å². The predicted molar refractivity (Wildman–Crippen MR) is 108 cm³/mol. The van der Waals surface area contributed by atoms with E-state index in [1.165, 1.54) is 41.0 Å². The normalized spacial score (nSPS) is 18.0. The van der Waals surface area contributed by atoms with E-state index in [4.69, 9.17) is 0 Å². The largest absolute Gasteiger partial charge is 0.302 e. The second-order valence-electron chi connectivity index (χ2n) is 6.46. The van der Waals surface area contributed by atoms with Gasteiger partial charge in [-0.25, -0.2) is 15.0 Å². The molecule has 0 fully saturated rings. The fourth-order valence-corrected chi connectivity index (χ4v) is 4.73. The minimum atomic E-state index is -0.607. The van der Waals surface area contributed by atoms with Crippen molar-refractivity contribution in [1.82, 2.24) is 9.97 Å². The molecule has 2 N–H and O–H groups in total. The molecule has 0 aromatic carbocycles. The number of hydrogen-bond donors (Lipinski definition) is 2. The summed E-state index contributed by atoms with van der Waals surface area (Å²) in [6.45, 7) is 0. The summed E-state index contributed by atoms with van der Waals surface area (Å²) in [7, 11) is 0. The number of anilines is 2. The summed E-state index contributed by atoms with van der Waals surface area (Å²) in [5.74, 6) is -1.50. The number of dihydropyridines is 1. The molecule has 3 amide bonds. The maximum Gasteiger partial charge on any atom is 0.269 e. The number of rotatable bonds is 5. The van der Waals surface area contributed by atoms with Gasteiger partial charge >= 0.3 is 0 Å². The highest BCUT2D eigenvalue weighted by Crippen LogP contribution is 2.29. The molecule has 144 valence electrons. The van der Waals surface area contributed by atoms with E-state index in [1.807, 2.05) is 0 Å². The van der Waals surface area contributed by atoms with Crippen LogP contribution in [0.3, 0.4) is 0 Å². The molecule has 1 aliphatic carbocycles. The Morgan fingerprint density at radius 1 is 1.14 bits per heavy atom. The zero-order valence-electron chi connectivity index (χ0n) is 14.8. The summed E-state index contributed by atoms with van der Waals surface area (Å²) in [6.07, 6.45) is 8.49. The van der Waals surface area contributed by atoms with Gasteiger partial charge in [-0.1, -0.05) is 6.08 Å². The van der Waals surface area contributed by atoms with Gasteiger partial charge in [-0.3, -0.25) is 14.4 Å². The quantitative estimate of drug-likeness (QED) is 0.778. The van der Waals surface area contributed by atoms with Crippen molar-refractivity contribution in [2.24, 2.45) is 10.9 Å². The van der Waals surface area contributed by atoms with Crippen molar-refractivity contribution in [2.75, 3.05) is 10.6 Å². The Morgan fingerprint density at radius 2 is 2.00 bits per heavy atom. The maximum atomic E-state index is 12.3. The first-order valence-corrected chi connectivity index (χ1v) is 10.6. The molecule has 28 heavy (non-hydrogen) atoms. The van der Waals surface area contributed by atoms with Gasteiger partial charge in [-0.2, -0.15) is 0 Å². The first kappa shape index (κ1) is 18.6. The van der Waals surface area contributed by atoms with Gasteiger partial charge in [0.2, 0.25) is 11.8 Å². The van der Waals surface area contributed by atoms with Gasteiger partial charge in [0.1, 0.15) is 0 Å². The fourth-order valence-electron chi connectivity index (χ4n) is 2.96. The van der Waals surface area contributed by atoms with E-state index in [2.05, 4.69) is 25.6 Å². The van der Waals surface area contributed by atoms with Crippen LogP contribution in [0.15, 0.2) is 22.5 Å². The average Bonchev–Trinajstić information content (AvgIpc) is 3.28. The number of nitrogens with one attached hydrogen (secondary N) is 2. The zero-order valence-corrected chi connectivity index (χ0v) is 16.4. The summed E-state index contributed by atoms with van der Waals surface area (Å²) in [4.78, 5) is 49.1. The number of fused-ring (bicyclic) bond motifs is 1. The van der Waals surface area contributed by atoms with Crippen molar-refractivity contribution in [3.8, 4) is 0 Å². The third kappa shape index (κ3) is 4.39. The Morgan fingerprint density at radius 3 is 2.79 bits per heavy atom. The van der Waals surface area contributed by atoms with Crippen molar-refractivity contribution in [2.45, 2.75) is 32.1 Å². The van der Waals surface area contributed by atoms with Gasteiger partial charge in [-0.05, 0) is 25.7 Å². The average molecular weight is 416 g/mol. The summed E-state index contributed by atoms with van der Waals surface area (Å²) < 4.78 is 0. The fraction of sp³-hybridized carbons (Fsp3) is 0.333. The first-order valence-electron chi connectivity index (χ1n) is 8.87. The Balaban J connectivity index is 1.31. The van der Waals surface area contributed by atoms with Crippen molar-refractivity contribution in [3.05, 3.63) is 33.8 Å². The molecule has 2 aromatic rings. The molecule has 0 radical (unpaired) electrons. The lowest BCUT2D eigenvalue weighted by molar-refractivity contribution is -0.117. The number of nitrogens with zero attached hydrogens (tertiary/aromatic N) is 3. The Bertz CT molecular complexity index is 952. The van der Waals surface area contributed by atoms with Gasteiger partial charge in [0.05, 0.1) is 23.7 Å². The molecule has 2 aliphatic rings. The van der Waals surface area contributed by atoms with Crippen molar-refractivity contribution in [3.63, 3.8) is 0 Å². The molecule has 2 aromatic heterocycles. The first-order chi connectivity index (χ1) is 13.6. The van der Waals surface area contributed by atoms with Crippen LogP contribution < -0.4 is 10.6 Å². The van der Waals surface area contributed by atoms with Crippen molar-refractivity contribution >= 4 is 56.9 Å². The van der Waals surface area contributed by atoms with Crippen LogP contribution in [0, 0.1) is 5.92 Å². The summed E-state index contributed by atoms with van der Waals surface area (Å²) >= 11 is 2.78. The number of carbonyl (C=O) groups excluding carboxylic acids is 3. The smallest absolute Gasteiger partial charge is 0.269 e. The van der Waals surface area contributed by atoms with Gasteiger partial charge in [0, 0.05) is 22.5 Å². The number of aromatic nitrogens is 2. The van der Waals surface area contributed by atoms with Gasteiger partial charge in [-0.15, -0.1) is 22.7 Å². The number of amides is 3. The Labute approximate surface area is 168 Å². The summed E-state index contributed by atoms with van der Waals surface area (Å²) in [5.41, 5.74) is 1.68. The lowest BCUT2D eigenvalue weighted by Gasteiger charge is -2.08. The number of aliphatic imine (C=N–C) groups is 1.